The highest BCUT2D eigenvalue weighted by molar-refractivity contribution is 7.99. The highest BCUT2D eigenvalue weighted by Gasteiger charge is 2.31. The topological polar surface area (TPSA) is 72.2 Å². The smallest absolute Gasteiger partial charge is 0.243 e. The molecule has 1 fully saturated rings. The third-order valence-corrected chi connectivity index (χ3v) is 6.08. The molecule has 0 saturated heterocycles. The molecule has 1 aliphatic rings. The molecule has 7 heteroatoms. The fraction of sp³-hybridized carbons (Fsp3) is 0.500. The lowest BCUT2D eigenvalue weighted by molar-refractivity contribution is 0.554. The second-order valence-electron chi connectivity index (χ2n) is 4.58. The summed E-state index contributed by atoms with van der Waals surface area (Å²) in [6.45, 7) is 0. The lowest BCUT2D eigenvalue weighted by Crippen LogP contribution is -2.38. The summed E-state index contributed by atoms with van der Waals surface area (Å²) in [6.07, 6.45) is 4.76. The van der Waals surface area contributed by atoms with Crippen molar-refractivity contribution in [1.82, 2.24) is 4.72 Å². The number of nitrogen functional groups attached to an aromatic ring is 1. The van der Waals surface area contributed by atoms with Crippen molar-refractivity contribution in [2.75, 3.05) is 12.0 Å². The number of sulfonamides is 1. The Morgan fingerprint density at radius 2 is 2.16 bits per heavy atom. The van der Waals surface area contributed by atoms with Gasteiger partial charge in [-0.2, -0.15) is 11.8 Å². The number of anilines is 1. The fourth-order valence-electron chi connectivity index (χ4n) is 2.36. The van der Waals surface area contributed by atoms with Gasteiger partial charge in [0.15, 0.2) is 0 Å². The summed E-state index contributed by atoms with van der Waals surface area (Å²) >= 11 is 1.65. The minimum Gasteiger partial charge on any atom is -0.395 e. The number of rotatable bonds is 4. The number of hydrogen-bond acceptors (Lipinski definition) is 4. The van der Waals surface area contributed by atoms with Gasteiger partial charge in [-0.3, -0.25) is 0 Å². The van der Waals surface area contributed by atoms with E-state index in [4.69, 9.17) is 5.73 Å². The molecular weight excluding hydrogens is 287 g/mol. The summed E-state index contributed by atoms with van der Waals surface area (Å²) in [5, 5.41) is 0.268. The van der Waals surface area contributed by atoms with Gasteiger partial charge in [0.1, 0.15) is 10.7 Å². The molecule has 0 bridgehead atoms. The van der Waals surface area contributed by atoms with Gasteiger partial charge in [0.05, 0.1) is 5.69 Å². The average Bonchev–Trinajstić information content (AvgIpc) is 2.78. The van der Waals surface area contributed by atoms with Crippen LogP contribution in [-0.4, -0.2) is 26.0 Å². The number of benzene rings is 1. The molecule has 1 aromatic rings. The van der Waals surface area contributed by atoms with E-state index < -0.39 is 15.8 Å². The maximum atomic E-state index is 13.3. The Balaban J connectivity index is 2.25. The third-order valence-electron chi connectivity index (χ3n) is 3.36. The zero-order valence-corrected chi connectivity index (χ0v) is 12.2. The molecule has 3 N–H and O–H groups in total. The van der Waals surface area contributed by atoms with E-state index >= 15 is 0 Å². The van der Waals surface area contributed by atoms with Crippen molar-refractivity contribution >= 4 is 27.5 Å². The first-order valence-corrected chi connectivity index (χ1v) is 8.82. The number of nitrogens with two attached hydrogens (primary N) is 1. The van der Waals surface area contributed by atoms with Crippen molar-refractivity contribution in [1.29, 1.82) is 0 Å². The Kier molecular flexibility index (Phi) is 4.37. The minimum absolute atomic E-state index is 0.109. The van der Waals surface area contributed by atoms with E-state index in [0.717, 1.165) is 25.3 Å². The van der Waals surface area contributed by atoms with E-state index in [-0.39, 0.29) is 21.9 Å². The van der Waals surface area contributed by atoms with Crippen LogP contribution in [0, 0.1) is 5.82 Å². The van der Waals surface area contributed by atoms with E-state index in [1.54, 1.807) is 11.8 Å². The second-order valence-corrected chi connectivity index (χ2v) is 7.34. The zero-order chi connectivity index (χ0) is 14.0. The van der Waals surface area contributed by atoms with Crippen LogP contribution in [0.4, 0.5) is 10.1 Å². The molecule has 1 aromatic carbocycles. The van der Waals surface area contributed by atoms with E-state index in [9.17, 15) is 12.8 Å². The van der Waals surface area contributed by atoms with Gasteiger partial charge < -0.3 is 5.73 Å². The number of hydrogen-bond donors (Lipinski definition) is 2. The molecule has 0 spiro atoms. The molecule has 0 amide bonds. The monoisotopic (exact) mass is 304 g/mol. The van der Waals surface area contributed by atoms with Crippen LogP contribution in [0.3, 0.4) is 0 Å². The molecule has 106 valence electrons. The Morgan fingerprint density at radius 1 is 1.42 bits per heavy atom. The first-order valence-electron chi connectivity index (χ1n) is 6.05. The van der Waals surface area contributed by atoms with Crippen molar-refractivity contribution in [2.45, 2.75) is 35.4 Å². The van der Waals surface area contributed by atoms with Gasteiger partial charge in [-0.05, 0) is 31.2 Å². The SMILES string of the molecule is CSC1CCCC1NS(=O)(=O)c1cccc(F)c1N. The number of thioether (sulfide) groups is 1. The molecule has 0 aliphatic heterocycles. The molecule has 0 heterocycles. The maximum Gasteiger partial charge on any atom is 0.243 e. The maximum absolute atomic E-state index is 13.3. The number of halogens is 1. The quantitative estimate of drug-likeness (QED) is 0.834. The van der Waals surface area contributed by atoms with Crippen LogP contribution < -0.4 is 10.5 Å². The van der Waals surface area contributed by atoms with Gasteiger partial charge in [-0.1, -0.05) is 12.5 Å². The van der Waals surface area contributed by atoms with Gasteiger partial charge >= 0.3 is 0 Å². The molecule has 19 heavy (non-hydrogen) atoms. The predicted octanol–water partition coefficient (Wildman–Crippen LogP) is 1.97. The van der Waals surface area contributed by atoms with Crippen LogP contribution in [0.1, 0.15) is 19.3 Å². The Hall–Kier alpha value is -0.790. The van der Waals surface area contributed by atoms with Crippen LogP contribution in [0.25, 0.3) is 0 Å². The normalized spacial score (nSPS) is 23.7. The van der Waals surface area contributed by atoms with Crippen molar-refractivity contribution in [2.24, 2.45) is 0 Å². The van der Waals surface area contributed by atoms with Gasteiger partial charge in [0, 0.05) is 11.3 Å². The molecule has 0 aromatic heterocycles. The summed E-state index contributed by atoms with van der Waals surface area (Å²) < 4.78 is 40.5. The van der Waals surface area contributed by atoms with Crippen molar-refractivity contribution in [3.8, 4) is 0 Å². The Bertz CT molecular complexity index is 563. The zero-order valence-electron chi connectivity index (χ0n) is 10.6. The summed E-state index contributed by atoms with van der Waals surface area (Å²) in [6, 6.07) is 3.71. The molecule has 2 atom stereocenters. The van der Waals surface area contributed by atoms with Crippen molar-refractivity contribution in [3.05, 3.63) is 24.0 Å². The lowest BCUT2D eigenvalue weighted by atomic mass is 10.3. The molecular formula is C12H17FN2O2S2. The fourth-order valence-corrected chi connectivity index (χ4v) is 4.83. The summed E-state index contributed by atoms with van der Waals surface area (Å²) in [4.78, 5) is -0.181. The molecule has 1 saturated carbocycles. The summed E-state index contributed by atoms with van der Waals surface area (Å²) in [5.41, 5.74) is 5.19. The van der Waals surface area contributed by atoms with Crippen molar-refractivity contribution < 1.29 is 12.8 Å². The Morgan fingerprint density at radius 3 is 2.84 bits per heavy atom. The van der Waals surface area contributed by atoms with Crippen LogP contribution in [0.15, 0.2) is 23.1 Å². The van der Waals surface area contributed by atoms with Gasteiger partial charge in [-0.25, -0.2) is 17.5 Å². The molecule has 0 radical (unpaired) electrons. The first kappa shape index (κ1) is 14.6. The second kappa shape index (κ2) is 5.68. The lowest BCUT2D eigenvalue weighted by Gasteiger charge is -2.19. The first-order chi connectivity index (χ1) is 8.95. The molecule has 2 rings (SSSR count). The predicted molar refractivity (Wildman–Crippen MR) is 76.1 cm³/mol. The number of nitrogens with one attached hydrogen (secondary N) is 1. The van der Waals surface area contributed by atoms with Crippen molar-refractivity contribution in [3.63, 3.8) is 0 Å². The highest BCUT2D eigenvalue weighted by atomic mass is 32.2. The van der Waals surface area contributed by atoms with Gasteiger partial charge in [0.25, 0.3) is 0 Å². The molecule has 2 unspecified atom stereocenters. The van der Waals surface area contributed by atoms with Crippen LogP contribution >= 0.6 is 11.8 Å². The summed E-state index contributed by atoms with van der Waals surface area (Å²) in [5.74, 6) is -0.712. The highest BCUT2D eigenvalue weighted by Crippen LogP contribution is 2.30. The van der Waals surface area contributed by atoms with Gasteiger partial charge in [0.2, 0.25) is 10.0 Å². The van der Waals surface area contributed by atoms with E-state index in [1.807, 2.05) is 6.26 Å². The molecule has 4 nitrogen and oxygen atoms in total. The average molecular weight is 304 g/mol. The van der Waals surface area contributed by atoms with E-state index in [2.05, 4.69) is 4.72 Å². The minimum atomic E-state index is -3.77. The third kappa shape index (κ3) is 3.04. The standard InChI is InChI=1S/C12H17FN2O2S2/c1-18-10-6-3-5-9(10)15-19(16,17)11-7-2-4-8(13)12(11)14/h2,4,7,9-10,15H,3,5-6,14H2,1H3. The van der Waals surface area contributed by atoms with Crippen LogP contribution in [0.2, 0.25) is 0 Å². The van der Waals surface area contributed by atoms with Gasteiger partial charge in [-0.15, -0.1) is 0 Å². The largest absolute Gasteiger partial charge is 0.395 e. The molecule has 1 aliphatic carbocycles. The Labute approximate surface area is 117 Å². The number of para-hydroxylation sites is 1. The van der Waals surface area contributed by atoms with E-state index in [1.165, 1.54) is 12.1 Å². The summed E-state index contributed by atoms with van der Waals surface area (Å²) in [7, 11) is -3.77. The van der Waals surface area contributed by atoms with E-state index in [0.29, 0.717) is 0 Å². The van der Waals surface area contributed by atoms with Crippen LogP contribution in [0.5, 0.6) is 0 Å². The van der Waals surface area contributed by atoms with Crippen LogP contribution in [-0.2, 0) is 10.0 Å².